The third kappa shape index (κ3) is 2.85. The van der Waals surface area contributed by atoms with Gasteiger partial charge in [0, 0.05) is 12.2 Å². The van der Waals surface area contributed by atoms with E-state index >= 15 is 0 Å². The number of hydrogen-bond acceptors (Lipinski definition) is 3. The van der Waals surface area contributed by atoms with Crippen molar-refractivity contribution >= 4 is 17.3 Å². The van der Waals surface area contributed by atoms with Crippen molar-refractivity contribution in [1.29, 1.82) is 0 Å². The van der Waals surface area contributed by atoms with Gasteiger partial charge in [0.1, 0.15) is 5.75 Å². The van der Waals surface area contributed by atoms with Gasteiger partial charge in [0.15, 0.2) is 0 Å². The molecular formula is C13H18ClNO2. The first-order valence-electron chi connectivity index (χ1n) is 6.04. The Bertz CT molecular complexity index is 395. The van der Waals surface area contributed by atoms with E-state index in [4.69, 9.17) is 11.6 Å². The van der Waals surface area contributed by atoms with Crippen LogP contribution in [0, 0.1) is 0 Å². The number of aliphatic hydroxyl groups is 1. The van der Waals surface area contributed by atoms with Crippen LogP contribution in [-0.2, 0) is 12.8 Å². The molecular weight excluding hydrogens is 238 g/mol. The van der Waals surface area contributed by atoms with Crippen molar-refractivity contribution < 1.29 is 10.2 Å². The molecule has 1 aliphatic carbocycles. The molecule has 1 aromatic rings. The number of nitrogens with one attached hydrogen (secondary N) is 1. The van der Waals surface area contributed by atoms with Gasteiger partial charge in [-0.2, -0.15) is 0 Å². The fraction of sp³-hybridized carbons (Fsp3) is 0.538. The highest BCUT2D eigenvalue weighted by molar-refractivity contribution is 6.18. The molecule has 0 saturated carbocycles. The van der Waals surface area contributed by atoms with Gasteiger partial charge in [0.25, 0.3) is 0 Å². The average molecular weight is 256 g/mol. The molecule has 0 spiro atoms. The molecule has 0 aromatic heterocycles. The first-order chi connectivity index (χ1) is 8.22. The number of aromatic hydroxyl groups is 1. The summed E-state index contributed by atoms with van der Waals surface area (Å²) in [6.07, 6.45) is 3.68. The third-order valence-electron chi connectivity index (χ3n) is 3.22. The first kappa shape index (κ1) is 12.5. The second kappa shape index (κ2) is 5.61. The molecule has 1 aromatic carbocycles. The minimum absolute atomic E-state index is 0.229. The van der Waals surface area contributed by atoms with E-state index in [1.807, 2.05) is 6.07 Å². The number of anilines is 1. The zero-order chi connectivity index (χ0) is 12.3. The molecule has 94 valence electrons. The number of phenolic OH excluding ortho intramolecular Hbond substituents is 1. The lowest BCUT2D eigenvalue weighted by Crippen LogP contribution is -2.22. The monoisotopic (exact) mass is 255 g/mol. The molecule has 2 rings (SSSR count). The van der Waals surface area contributed by atoms with Crippen LogP contribution in [0.25, 0.3) is 0 Å². The van der Waals surface area contributed by atoms with E-state index in [2.05, 4.69) is 5.32 Å². The molecule has 3 nitrogen and oxygen atoms in total. The van der Waals surface area contributed by atoms with Crippen molar-refractivity contribution in [1.82, 2.24) is 0 Å². The van der Waals surface area contributed by atoms with Crippen molar-refractivity contribution in [2.75, 3.05) is 17.7 Å². The van der Waals surface area contributed by atoms with E-state index in [0.717, 1.165) is 36.9 Å². The maximum absolute atomic E-state index is 9.81. The molecule has 1 aliphatic rings. The van der Waals surface area contributed by atoms with Crippen LogP contribution >= 0.6 is 11.6 Å². The number of rotatable bonds is 4. The molecule has 1 atom stereocenters. The maximum atomic E-state index is 9.81. The number of aliphatic hydroxyl groups excluding tert-OH is 1. The van der Waals surface area contributed by atoms with Crippen molar-refractivity contribution in [2.24, 2.45) is 0 Å². The molecule has 0 amide bonds. The van der Waals surface area contributed by atoms with Crippen LogP contribution in [0.4, 0.5) is 5.69 Å². The minimum Gasteiger partial charge on any atom is -0.508 e. The zero-order valence-corrected chi connectivity index (χ0v) is 10.5. The summed E-state index contributed by atoms with van der Waals surface area (Å²) in [7, 11) is 0. The van der Waals surface area contributed by atoms with E-state index in [-0.39, 0.29) is 5.88 Å². The standard InChI is InChI=1S/C13H18ClNO2/c14-7-9(16)8-15-12-5-6-13(17)11-4-2-1-3-10(11)12/h5-6,9,15-17H,1-4,7-8H2. The number of phenols is 1. The smallest absolute Gasteiger partial charge is 0.119 e. The van der Waals surface area contributed by atoms with Crippen LogP contribution in [0.3, 0.4) is 0 Å². The SMILES string of the molecule is Oc1ccc(NCC(O)CCl)c2c1CCCC2. The number of halogens is 1. The highest BCUT2D eigenvalue weighted by Crippen LogP contribution is 2.34. The predicted molar refractivity (Wildman–Crippen MR) is 70.0 cm³/mol. The van der Waals surface area contributed by atoms with Crippen LogP contribution in [0.15, 0.2) is 12.1 Å². The van der Waals surface area contributed by atoms with Gasteiger partial charge in [-0.05, 0) is 48.9 Å². The van der Waals surface area contributed by atoms with Crippen LogP contribution in [0.2, 0.25) is 0 Å². The van der Waals surface area contributed by atoms with E-state index in [1.165, 1.54) is 5.56 Å². The van der Waals surface area contributed by atoms with Gasteiger partial charge in [-0.3, -0.25) is 0 Å². The lowest BCUT2D eigenvalue weighted by atomic mass is 9.89. The van der Waals surface area contributed by atoms with Crippen LogP contribution in [0.5, 0.6) is 5.75 Å². The number of alkyl halides is 1. The lowest BCUT2D eigenvalue weighted by molar-refractivity contribution is 0.211. The van der Waals surface area contributed by atoms with E-state index in [0.29, 0.717) is 12.3 Å². The second-order valence-electron chi connectivity index (χ2n) is 4.49. The fourth-order valence-electron chi connectivity index (χ4n) is 2.30. The number of hydrogen-bond donors (Lipinski definition) is 3. The summed E-state index contributed by atoms with van der Waals surface area (Å²) in [4.78, 5) is 0. The van der Waals surface area contributed by atoms with Gasteiger partial charge in [-0.15, -0.1) is 11.6 Å². The van der Waals surface area contributed by atoms with Gasteiger partial charge in [0.05, 0.1) is 12.0 Å². The quantitative estimate of drug-likeness (QED) is 0.572. The Hall–Kier alpha value is -0.930. The average Bonchev–Trinajstić information content (AvgIpc) is 2.38. The minimum atomic E-state index is -0.537. The Morgan fingerprint density at radius 1 is 1.24 bits per heavy atom. The molecule has 3 N–H and O–H groups in total. The summed E-state index contributed by atoms with van der Waals surface area (Å²) in [5, 5.41) is 22.4. The molecule has 4 heteroatoms. The molecule has 0 fully saturated rings. The van der Waals surface area contributed by atoms with Gasteiger partial charge in [-0.25, -0.2) is 0 Å². The van der Waals surface area contributed by atoms with Crippen LogP contribution in [0.1, 0.15) is 24.0 Å². The van der Waals surface area contributed by atoms with Gasteiger partial charge >= 0.3 is 0 Å². The second-order valence-corrected chi connectivity index (χ2v) is 4.79. The molecule has 0 saturated heterocycles. The van der Waals surface area contributed by atoms with Crippen molar-refractivity contribution in [3.63, 3.8) is 0 Å². The van der Waals surface area contributed by atoms with E-state index in [9.17, 15) is 10.2 Å². The van der Waals surface area contributed by atoms with Gasteiger partial charge in [-0.1, -0.05) is 0 Å². The molecule has 0 bridgehead atoms. The summed E-state index contributed by atoms with van der Waals surface area (Å²) < 4.78 is 0. The van der Waals surface area contributed by atoms with Crippen molar-refractivity contribution in [2.45, 2.75) is 31.8 Å². The fourth-order valence-corrected chi connectivity index (χ4v) is 2.41. The van der Waals surface area contributed by atoms with Gasteiger partial charge in [0.2, 0.25) is 0 Å². The number of fused-ring (bicyclic) bond motifs is 1. The highest BCUT2D eigenvalue weighted by atomic mass is 35.5. The Balaban J connectivity index is 2.17. The maximum Gasteiger partial charge on any atom is 0.119 e. The van der Waals surface area contributed by atoms with Crippen LogP contribution < -0.4 is 5.32 Å². The largest absolute Gasteiger partial charge is 0.508 e. The highest BCUT2D eigenvalue weighted by Gasteiger charge is 2.16. The van der Waals surface area contributed by atoms with E-state index in [1.54, 1.807) is 6.07 Å². The van der Waals surface area contributed by atoms with E-state index < -0.39 is 6.10 Å². The summed E-state index contributed by atoms with van der Waals surface area (Å²) >= 11 is 5.56. The van der Waals surface area contributed by atoms with Gasteiger partial charge < -0.3 is 15.5 Å². The zero-order valence-electron chi connectivity index (χ0n) is 9.75. The molecule has 0 heterocycles. The molecule has 0 aliphatic heterocycles. The topological polar surface area (TPSA) is 52.5 Å². The first-order valence-corrected chi connectivity index (χ1v) is 6.57. The lowest BCUT2D eigenvalue weighted by Gasteiger charge is -2.22. The molecule has 0 radical (unpaired) electrons. The number of benzene rings is 1. The Labute approximate surface area is 106 Å². The van der Waals surface area contributed by atoms with Crippen molar-refractivity contribution in [3.05, 3.63) is 23.3 Å². The summed E-state index contributed by atoms with van der Waals surface area (Å²) in [6.45, 7) is 0.445. The molecule has 1 unspecified atom stereocenters. The Kier molecular flexibility index (Phi) is 4.13. The Morgan fingerprint density at radius 2 is 1.94 bits per heavy atom. The summed E-state index contributed by atoms with van der Waals surface area (Å²) in [5.41, 5.74) is 3.27. The Morgan fingerprint density at radius 3 is 2.65 bits per heavy atom. The normalized spacial score (nSPS) is 16.4. The van der Waals surface area contributed by atoms with Crippen molar-refractivity contribution in [3.8, 4) is 5.75 Å². The molecule has 17 heavy (non-hydrogen) atoms. The third-order valence-corrected chi connectivity index (χ3v) is 3.57. The predicted octanol–water partition coefficient (Wildman–Crippen LogP) is 2.28. The van der Waals surface area contributed by atoms with Crippen LogP contribution in [-0.4, -0.2) is 28.7 Å². The summed E-state index contributed by atoms with van der Waals surface area (Å²) in [6, 6.07) is 3.60. The summed E-state index contributed by atoms with van der Waals surface area (Å²) in [5.74, 6) is 0.621.